The summed E-state index contributed by atoms with van der Waals surface area (Å²) >= 11 is 0. The molecule has 6 nitrogen and oxygen atoms in total. The Labute approximate surface area is 191 Å². The predicted molar refractivity (Wildman–Crippen MR) is 123 cm³/mol. The van der Waals surface area contributed by atoms with E-state index in [-0.39, 0.29) is 17.9 Å². The van der Waals surface area contributed by atoms with Crippen molar-refractivity contribution >= 4 is 11.8 Å². The van der Waals surface area contributed by atoms with Gasteiger partial charge in [-0.25, -0.2) is 0 Å². The van der Waals surface area contributed by atoms with Crippen molar-refractivity contribution in [2.45, 2.75) is 44.6 Å². The second kappa shape index (κ2) is 9.92. The first-order valence-electron chi connectivity index (χ1n) is 12.6. The number of hydrogen-bond acceptors (Lipinski definition) is 4. The van der Waals surface area contributed by atoms with E-state index in [1.807, 2.05) is 18.2 Å². The Kier molecular flexibility index (Phi) is 6.79. The average Bonchev–Trinajstić information content (AvgIpc) is 3.60. The molecular formula is C26H37N3O3. The second-order valence-electron chi connectivity index (χ2n) is 10.3. The summed E-state index contributed by atoms with van der Waals surface area (Å²) in [7, 11) is 0. The summed E-state index contributed by atoms with van der Waals surface area (Å²) in [5, 5.41) is 3.30. The first-order valence-corrected chi connectivity index (χ1v) is 12.6. The number of hydrogen-bond donors (Lipinski definition) is 1. The molecule has 2 amide bonds. The van der Waals surface area contributed by atoms with E-state index in [0.29, 0.717) is 36.9 Å². The lowest BCUT2D eigenvalue weighted by Crippen LogP contribution is -2.38. The molecule has 0 radical (unpaired) electrons. The number of nitrogens with one attached hydrogen (secondary N) is 1. The third-order valence-corrected chi connectivity index (χ3v) is 8.13. The van der Waals surface area contributed by atoms with E-state index in [1.165, 1.54) is 18.4 Å². The van der Waals surface area contributed by atoms with Gasteiger partial charge >= 0.3 is 0 Å². The lowest BCUT2D eigenvalue weighted by molar-refractivity contribution is -0.134. The van der Waals surface area contributed by atoms with E-state index in [0.717, 1.165) is 58.4 Å². The van der Waals surface area contributed by atoms with Crippen molar-refractivity contribution in [2.75, 3.05) is 45.9 Å². The van der Waals surface area contributed by atoms with Gasteiger partial charge in [0, 0.05) is 45.2 Å². The molecular weight excluding hydrogens is 402 g/mol. The lowest BCUT2D eigenvalue weighted by Gasteiger charge is -2.26. The van der Waals surface area contributed by atoms with E-state index >= 15 is 0 Å². The molecule has 6 heteroatoms. The van der Waals surface area contributed by atoms with Crippen molar-refractivity contribution in [1.29, 1.82) is 0 Å². The van der Waals surface area contributed by atoms with Crippen LogP contribution in [-0.2, 0) is 14.3 Å². The molecule has 1 aromatic carbocycles. The molecule has 4 fully saturated rings. The molecule has 174 valence electrons. The highest BCUT2D eigenvalue weighted by Crippen LogP contribution is 2.35. The first-order chi connectivity index (χ1) is 15.7. The Balaban J connectivity index is 1.14. The van der Waals surface area contributed by atoms with Crippen LogP contribution in [0.15, 0.2) is 30.3 Å². The van der Waals surface area contributed by atoms with E-state index in [2.05, 4.69) is 27.2 Å². The average molecular weight is 440 g/mol. The van der Waals surface area contributed by atoms with Gasteiger partial charge < -0.3 is 19.9 Å². The van der Waals surface area contributed by atoms with Gasteiger partial charge in [-0.1, -0.05) is 43.2 Å². The molecule has 1 aromatic rings. The highest BCUT2D eigenvalue weighted by atomic mass is 16.5. The number of likely N-dealkylation sites (tertiary alicyclic amines) is 2. The van der Waals surface area contributed by atoms with Crippen LogP contribution in [0.1, 0.15) is 50.1 Å². The van der Waals surface area contributed by atoms with Crippen molar-refractivity contribution in [3.63, 3.8) is 0 Å². The van der Waals surface area contributed by atoms with Gasteiger partial charge in [0.2, 0.25) is 11.8 Å². The topological polar surface area (TPSA) is 61.9 Å². The summed E-state index contributed by atoms with van der Waals surface area (Å²) in [4.78, 5) is 30.3. The van der Waals surface area contributed by atoms with Gasteiger partial charge in [-0.05, 0) is 43.1 Å². The van der Waals surface area contributed by atoms with Gasteiger partial charge in [-0.15, -0.1) is 0 Å². The van der Waals surface area contributed by atoms with E-state index in [4.69, 9.17) is 4.74 Å². The van der Waals surface area contributed by atoms with Crippen LogP contribution < -0.4 is 5.32 Å². The standard InChI is InChI=1S/C26H37N3O3/c30-25(21-11-13-32-18-21)27-24(19-6-2-1-3-7-19)10-12-28-14-22-16-29(17-23(22)15-28)26(31)20-8-4-5-9-20/h1-3,6-7,20-24H,4-5,8-18H2,(H,27,30)/t21?,22?,23?,24-/m0/s1. The SMILES string of the molecule is O=C(N[C@@H](CCN1CC2CN(C(=O)C3CCCC3)CC2C1)c1ccccc1)C1CCOC1. The minimum Gasteiger partial charge on any atom is -0.381 e. The fourth-order valence-corrected chi connectivity index (χ4v) is 6.23. The van der Waals surface area contributed by atoms with Crippen LogP contribution in [0.2, 0.25) is 0 Å². The Morgan fingerprint density at radius 1 is 0.969 bits per heavy atom. The van der Waals surface area contributed by atoms with Crippen molar-refractivity contribution < 1.29 is 14.3 Å². The summed E-state index contributed by atoms with van der Waals surface area (Å²) in [6.45, 7) is 6.23. The quantitative estimate of drug-likeness (QED) is 0.710. The van der Waals surface area contributed by atoms with Crippen LogP contribution in [0.3, 0.4) is 0 Å². The van der Waals surface area contributed by atoms with Crippen LogP contribution >= 0.6 is 0 Å². The summed E-state index contributed by atoms with van der Waals surface area (Å²) in [6, 6.07) is 10.4. The smallest absolute Gasteiger partial charge is 0.226 e. The van der Waals surface area contributed by atoms with Crippen molar-refractivity contribution in [3.8, 4) is 0 Å². The zero-order chi connectivity index (χ0) is 21.9. The number of nitrogens with zero attached hydrogens (tertiary/aromatic N) is 2. The Bertz CT molecular complexity index is 775. The molecule has 0 spiro atoms. The molecule has 3 unspecified atom stereocenters. The Morgan fingerprint density at radius 2 is 1.69 bits per heavy atom. The molecule has 1 N–H and O–H groups in total. The number of rotatable bonds is 7. The zero-order valence-corrected chi connectivity index (χ0v) is 19.1. The maximum Gasteiger partial charge on any atom is 0.226 e. The van der Waals surface area contributed by atoms with Crippen LogP contribution in [0, 0.1) is 23.7 Å². The van der Waals surface area contributed by atoms with E-state index in [1.54, 1.807) is 0 Å². The van der Waals surface area contributed by atoms with Gasteiger partial charge in [-0.2, -0.15) is 0 Å². The molecule has 1 aliphatic carbocycles. The van der Waals surface area contributed by atoms with Crippen molar-refractivity contribution in [2.24, 2.45) is 23.7 Å². The molecule has 0 bridgehead atoms. The number of ether oxygens (including phenoxy) is 1. The van der Waals surface area contributed by atoms with Gasteiger partial charge in [0.1, 0.15) is 0 Å². The Morgan fingerprint density at radius 3 is 2.34 bits per heavy atom. The van der Waals surface area contributed by atoms with Crippen molar-refractivity contribution in [1.82, 2.24) is 15.1 Å². The minimum atomic E-state index is -0.0178. The maximum absolute atomic E-state index is 12.8. The molecule has 3 heterocycles. The number of amides is 2. The number of benzene rings is 1. The summed E-state index contributed by atoms with van der Waals surface area (Å²) in [5.41, 5.74) is 1.17. The second-order valence-corrected chi connectivity index (χ2v) is 10.3. The highest BCUT2D eigenvalue weighted by Gasteiger charge is 2.43. The zero-order valence-electron chi connectivity index (χ0n) is 19.1. The van der Waals surface area contributed by atoms with Crippen LogP contribution in [-0.4, -0.2) is 67.6 Å². The van der Waals surface area contributed by atoms with E-state index < -0.39 is 0 Å². The van der Waals surface area contributed by atoms with Gasteiger partial charge in [0.25, 0.3) is 0 Å². The molecule has 4 aliphatic rings. The fourth-order valence-electron chi connectivity index (χ4n) is 6.23. The van der Waals surface area contributed by atoms with Crippen LogP contribution in [0.25, 0.3) is 0 Å². The molecule has 3 aliphatic heterocycles. The number of carbonyl (C=O) groups is 2. The Hall–Kier alpha value is -1.92. The normalized spacial score (nSPS) is 29.4. The third kappa shape index (κ3) is 4.86. The molecule has 1 saturated carbocycles. The van der Waals surface area contributed by atoms with Gasteiger partial charge in [0.05, 0.1) is 18.6 Å². The molecule has 4 atom stereocenters. The van der Waals surface area contributed by atoms with Crippen molar-refractivity contribution in [3.05, 3.63) is 35.9 Å². The summed E-state index contributed by atoms with van der Waals surface area (Å²) in [5.74, 6) is 2.05. The molecule has 3 saturated heterocycles. The van der Waals surface area contributed by atoms with Crippen LogP contribution in [0.5, 0.6) is 0 Å². The predicted octanol–water partition coefficient (Wildman–Crippen LogP) is 2.85. The highest BCUT2D eigenvalue weighted by molar-refractivity contribution is 5.80. The van der Waals surface area contributed by atoms with Gasteiger partial charge in [0.15, 0.2) is 0 Å². The summed E-state index contributed by atoms with van der Waals surface area (Å²) < 4.78 is 5.41. The molecule has 5 rings (SSSR count). The minimum absolute atomic E-state index is 0.0178. The monoisotopic (exact) mass is 439 g/mol. The molecule has 0 aromatic heterocycles. The summed E-state index contributed by atoms with van der Waals surface area (Å²) in [6.07, 6.45) is 6.36. The lowest BCUT2D eigenvalue weighted by atomic mass is 10.0. The maximum atomic E-state index is 12.8. The number of fused-ring (bicyclic) bond motifs is 1. The number of carbonyl (C=O) groups excluding carboxylic acids is 2. The van der Waals surface area contributed by atoms with Gasteiger partial charge in [-0.3, -0.25) is 9.59 Å². The fraction of sp³-hybridized carbons (Fsp3) is 0.692. The first kappa shape index (κ1) is 21.9. The van der Waals surface area contributed by atoms with Crippen LogP contribution in [0.4, 0.5) is 0 Å². The largest absolute Gasteiger partial charge is 0.381 e. The molecule has 32 heavy (non-hydrogen) atoms. The third-order valence-electron chi connectivity index (χ3n) is 8.13. The van der Waals surface area contributed by atoms with E-state index in [9.17, 15) is 9.59 Å².